The van der Waals surface area contributed by atoms with Gasteiger partial charge < -0.3 is 20.7 Å². The Morgan fingerprint density at radius 2 is 2.21 bits per heavy atom. The third kappa shape index (κ3) is 5.35. The zero-order valence-corrected chi connectivity index (χ0v) is 17.5. The minimum atomic E-state index is -0.686. The van der Waals surface area contributed by atoms with Gasteiger partial charge in [-0.3, -0.25) is 9.59 Å². The van der Waals surface area contributed by atoms with Crippen molar-refractivity contribution in [2.24, 2.45) is 0 Å². The van der Waals surface area contributed by atoms with Crippen LogP contribution in [-0.4, -0.2) is 42.1 Å². The van der Waals surface area contributed by atoms with Crippen molar-refractivity contribution < 1.29 is 14.3 Å². The van der Waals surface area contributed by atoms with Gasteiger partial charge in [-0.25, -0.2) is 4.98 Å². The molecular formula is C18H20Cl2N4O3S. The number of ether oxygens (including phenoxy) is 1. The molecule has 0 spiro atoms. The van der Waals surface area contributed by atoms with Gasteiger partial charge in [0, 0.05) is 18.5 Å². The second-order valence-corrected chi connectivity index (χ2v) is 7.98. The SMILES string of the molecule is CC(NC(=O)c1csc(Nc2cccc(Cl)c2Cl)n1)C(=O)NCC1CCCO1. The Bertz CT molecular complexity index is 855. The average Bonchev–Trinajstić information content (AvgIpc) is 3.35. The Labute approximate surface area is 176 Å². The van der Waals surface area contributed by atoms with E-state index in [1.165, 1.54) is 11.3 Å². The molecule has 2 atom stereocenters. The van der Waals surface area contributed by atoms with E-state index in [4.69, 9.17) is 27.9 Å². The predicted octanol–water partition coefficient (Wildman–Crippen LogP) is 3.61. The summed E-state index contributed by atoms with van der Waals surface area (Å²) >= 11 is 13.4. The molecule has 28 heavy (non-hydrogen) atoms. The van der Waals surface area contributed by atoms with Crippen molar-refractivity contribution in [3.8, 4) is 0 Å². The highest BCUT2D eigenvalue weighted by atomic mass is 35.5. The average molecular weight is 443 g/mol. The number of benzene rings is 1. The number of nitrogens with zero attached hydrogens (tertiary/aromatic N) is 1. The standard InChI is InChI=1S/C18H20Cl2N4O3S/c1-10(16(25)21-8-11-4-3-7-27-11)22-17(26)14-9-28-18(24-14)23-13-6-2-5-12(19)15(13)20/h2,5-6,9-11H,3-4,7-8H2,1H3,(H,21,25)(H,22,26)(H,23,24). The number of anilines is 2. The highest BCUT2D eigenvalue weighted by molar-refractivity contribution is 7.14. The summed E-state index contributed by atoms with van der Waals surface area (Å²) in [5, 5.41) is 11.4. The first-order valence-electron chi connectivity index (χ1n) is 8.81. The number of nitrogens with one attached hydrogen (secondary N) is 3. The first kappa shape index (κ1) is 20.9. The van der Waals surface area contributed by atoms with Crippen LogP contribution in [0, 0.1) is 0 Å². The maximum absolute atomic E-state index is 12.4. The van der Waals surface area contributed by atoms with Gasteiger partial charge in [0.25, 0.3) is 5.91 Å². The molecule has 10 heteroatoms. The smallest absolute Gasteiger partial charge is 0.271 e. The van der Waals surface area contributed by atoms with Crippen LogP contribution in [-0.2, 0) is 9.53 Å². The Balaban J connectivity index is 1.53. The molecule has 2 aromatic rings. The molecule has 1 aliphatic rings. The van der Waals surface area contributed by atoms with Crippen LogP contribution in [0.5, 0.6) is 0 Å². The monoisotopic (exact) mass is 442 g/mol. The van der Waals surface area contributed by atoms with E-state index >= 15 is 0 Å². The summed E-state index contributed by atoms with van der Waals surface area (Å²) in [6, 6.07) is 4.51. The molecule has 0 saturated carbocycles. The van der Waals surface area contributed by atoms with Gasteiger partial charge in [0.2, 0.25) is 5.91 Å². The van der Waals surface area contributed by atoms with Crippen molar-refractivity contribution in [1.82, 2.24) is 15.6 Å². The molecule has 0 aliphatic carbocycles. The van der Waals surface area contributed by atoms with E-state index < -0.39 is 11.9 Å². The lowest BCUT2D eigenvalue weighted by Gasteiger charge is -2.15. The van der Waals surface area contributed by atoms with E-state index in [0.29, 0.717) is 27.4 Å². The molecule has 0 radical (unpaired) electrons. The summed E-state index contributed by atoms with van der Waals surface area (Å²) in [6.45, 7) is 2.80. The van der Waals surface area contributed by atoms with Gasteiger partial charge in [-0.05, 0) is 31.9 Å². The van der Waals surface area contributed by atoms with Gasteiger partial charge in [0.05, 0.1) is 21.8 Å². The molecule has 1 aliphatic heterocycles. The number of rotatable bonds is 7. The van der Waals surface area contributed by atoms with Gasteiger partial charge in [-0.15, -0.1) is 11.3 Å². The third-order valence-corrected chi connectivity index (χ3v) is 5.78. The normalized spacial score (nSPS) is 17.2. The molecule has 1 fully saturated rings. The Hall–Kier alpha value is -1.87. The summed E-state index contributed by atoms with van der Waals surface area (Å²) in [7, 11) is 0. The molecule has 7 nitrogen and oxygen atoms in total. The van der Waals surface area contributed by atoms with Gasteiger partial charge >= 0.3 is 0 Å². The fourth-order valence-electron chi connectivity index (χ4n) is 2.66. The number of hydrogen-bond donors (Lipinski definition) is 3. The van der Waals surface area contributed by atoms with E-state index in [9.17, 15) is 9.59 Å². The van der Waals surface area contributed by atoms with Crippen molar-refractivity contribution in [2.75, 3.05) is 18.5 Å². The molecule has 1 aromatic heterocycles. The maximum atomic E-state index is 12.4. The summed E-state index contributed by atoms with van der Waals surface area (Å²) in [5.74, 6) is -0.690. The summed E-state index contributed by atoms with van der Waals surface area (Å²) in [6.07, 6.45) is 2.00. The molecule has 2 heterocycles. The van der Waals surface area contributed by atoms with Crippen LogP contribution in [0.15, 0.2) is 23.6 Å². The topological polar surface area (TPSA) is 92.4 Å². The van der Waals surface area contributed by atoms with Crippen molar-refractivity contribution in [1.29, 1.82) is 0 Å². The lowest BCUT2D eigenvalue weighted by atomic mass is 10.2. The molecule has 3 rings (SSSR count). The Morgan fingerprint density at radius 1 is 1.39 bits per heavy atom. The van der Waals surface area contributed by atoms with Crippen LogP contribution in [0.3, 0.4) is 0 Å². The number of thiazole rings is 1. The van der Waals surface area contributed by atoms with Crippen molar-refractivity contribution in [3.05, 3.63) is 39.3 Å². The predicted molar refractivity (Wildman–Crippen MR) is 111 cm³/mol. The quantitative estimate of drug-likeness (QED) is 0.608. The van der Waals surface area contributed by atoms with Crippen molar-refractivity contribution >= 4 is 57.2 Å². The first-order valence-corrected chi connectivity index (χ1v) is 10.4. The minimum Gasteiger partial charge on any atom is -0.376 e. The lowest BCUT2D eigenvalue weighted by Crippen LogP contribution is -2.46. The highest BCUT2D eigenvalue weighted by Crippen LogP contribution is 2.32. The molecule has 1 aromatic carbocycles. The number of halogens is 2. The zero-order chi connectivity index (χ0) is 20.1. The second-order valence-electron chi connectivity index (χ2n) is 6.34. The number of hydrogen-bond acceptors (Lipinski definition) is 6. The zero-order valence-electron chi connectivity index (χ0n) is 15.1. The van der Waals surface area contributed by atoms with Crippen LogP contribution in [0.25, 0.3) is 0 Å². The van der Waals surface area contributed by atoms with Crippen molar-refractivity contribution in [2.45, 2.75) is 31.9 Å². The Kier molecular flexibility index (Phi) is 7.12. The van der Waals surface area contributed by atoms with Gasteiger partial charge in [0.15, 0.2) is 5.13 Å². The van der Waals surface area contributed by atoms with Gasteiger partial charge in [0.1, 0.15) is 11.7 Å². The van der Waals surface area contributed by atoms with Crippen LogP contribution >= 0.6 is 34.5 Å². The van der Waals surface area contributed by atoms with Crippen LogP contribution < -0.4 is 16.0 Å². The van der Waals surface area contributed by atoms with Crippen LogP contribution in [0.1, 0.15) is 30.3 Å². The highest BCUT2D eigenvalue weighted by Gasteiger charge is 2.21. The fourth-order valence-corrected chi connectivity index (χ4v) is 3.71. The largest absolute Gasteiger partial charge is 0.376 e. The summed E-state index contributed by atoms with van der Waals surface area (Å²) in [4.78, 5) is 28.7. The van der Waals surface area contributed by atoms with E-state index in [0.717, 1.165) is 19.4 Å². The molecule has 2 amide bonds. The van der Waals surface area contributed by atoms with E-state index in [1.807, 2.05) is 0 Å². The van der Waals surface area contributed by atoms with Crippen molar-refractivity contribution in [3.63, 3.8) is 0 Å². The van der Waals surface area contributed by atoms with Gasteiger partial charge in [-0.2, -0.15) is 0 Å². The molecule has 3 N–H and O–H groups in total. The number of amides is 2. The number of aromatic nitrogens is 1. The molecule has 0 bridgehead atoms. The molecular weight excluding hydrogens is 423 g/mol. The van der Waals surface area contributed by atoms with Crippen LogP contribution in [0.2, 0.25) is 10.0 Å². The maximum Gasteiger partial charge on any atom is 0.271 e. The minimum absolute atomic E-state index is 0.0531. The van der Waals surface area contributed by atoms with Crippen LogP contribution in [0.4, 0.5) is 10.8 Å². The second kappa shape index (κ2) is 9.56. The van der Waals surface area contributed by atoms with E-state index in [-0.39, 0.29) is 17.7 Å². The summed E-state index contributed by atoms with van der Waals surface area (Å²) in [5.41, 5.74) is 0.807. The third-order valence-electron chi connectivity index (χ3n) is 4.20. The summed E-state index contributed by atoms with van der Waals surface area (Å²) < 4.78 is 5.47. The number of carbonyl (C=O) groups is 2. The molecule has 1 saturated heterocycles. The molecule has 150 valence electrons. The van der Waals surface area contributed by atoms with Gasteiger partial charge in [-0.1, -0.05) is 29.3 Å². The number of carbonyl (C=O) groups excluding carboxylic acids is 2. The van der Waals surface area contributed by atoms with E-state index in [2.05, 4.69) is 20.9 Å². The van der Waals surface area contributed by atoms with E-state index in [1.54, 1.807) is 30.5 Å². The Morgan fingerprint density at radius 3 is 2.96 bits per heavy atom. The fraction of sp³-hybridized carbons (Fsp3) is 0.389. The first-order chi connectivity index (χ1) is 13.4. The lowest BCUT2D eigenvalue weighted by molar-refractivity contribution is -0.123. The molecule has 2 unspecified atom stereocenters.